The molecule has 0 bridgehead atoms. The van der Waals surface area contributed by atoms with E-state index >= 15 is 0 Å². The lowest BCUT2D eigenvalue weighted by molar-refractivity contribution is 0.126. The molecule has 150 valence electrons. The molecule has 1 heteroatoms. The van der Waals surface area contributed by atoms with Crippen molar-refractivity contribution in [2.75, 3.05) is 0 Å². The normalized spacial score (nSPS) is 13.8. The second-order valence-corrected chi connectivity index (χ2v) is 12.1. The van der Waals surface area contributed by atoms with Crippen molar-refractivity contribution in [3.8, 4) is 5.75 Å². The van der Waals surface area contributed by atoms with E-state index in [4.69, 9.17) is 4.74 Å². The predicted molar refractivity (Wildman–Crippen MR) is 116 cm³/mol. The Morgan fingerprint density at radius 1 is 0.692 bits per heavy atom. The Kier molecular flexibility index (Phi) is 6.71. The van der Waals surface area contributed by atoms with Gasteiger partial charge in [0.25, 0.3) is 0 Å². The van der Waals surface area contributed by atoms with Gasteiger partial charge in [-0.2, -0.15) is 0 Å². The fraction of sp³-hybridized carbons (Fsp3) is 0.760. The van der Waals surface area contributed by atoms with Crippen molar-refractivity contribution >= 4 is 0 Å². The second kappa shape index (κ2) is 7.56. The molecule has 0 aliphatic carbocycles. The monoisotopic (exact) mass is 360 g/mol. The van der Waals surface area contributed by atoms with E-state index < -0.39 is 0 Å². The van der Waals surface area contributed by atoms with Crippen LogP contribution in [0.1, 0.15) is 106 Å². The van der Waals surface area contributed by atoms with E-state index in [-0.39, 0.29) is 21.8 Å². The van der Waals surface area contributed by atoms with E-state index in [1.807, 2.05) is 0 Å². The molecule has 0 radical (unpaired) electrons. The van der Waals surface area contributed by atoms with Crippen molar-refractivity contribution in [1.82, 2.24) is 0 Å². The van der Waals surface area contributed by atoms with Crippen LogP contribution in [0.3, 0.4) is 0 Å². The average molecular weight is 361 g/mol. The van der Waals surface area contributed by atoms with Gasteiger partial charge in [0.15, 0.2) is 0 Å². The first kappa shape index (κ1) is 23.1. The van der Waals surface area contributed by atoms with Crippen LogP contribution in [-0.2, 0) is 18.3 Å². The van der Waals surface area contributed by atoms with Gasteiger partial charge in [-0.05, 0) is 73.0 Å². The summed E-state index contributed by atoms with van der Waals surface area (Å²) in [5.41, 5.74) is 4.62. The van der Waals surface area contributed by atoms with Crippen LogP contribution < -0.4 is 4.74 Å². The van der Waals surface area contributed by atoms with Gasteiger partial charge in [-0.25, -0.2) is 0 Å². The zero-order chi connectivity index (χ0) is 20.6. The van der Waals surface area contributed by atoms with Gasteiger partial charge >= 0.3 is 0 Å². The average Bonchev–Trinajstić information content (AvgIpc) is 2.37. The van der Waals surface area contributed by atoms with Gasteiger partial charge in [0, 0.05) is 0 Å². The Labute approximate surface area is 163 Å². The lowest BCUT2D eigenvalue weighted by Crippen LogP contribution is -2.27. The molecule has 0 atom stereocenters. The zero-order valence-corrected chi connectivity index (χ0v) is 19.7. The van der Waals surface area contributed by atoms with Gasteiger partial charge in [0.2, 0.25) is 0 Å². The molecule has 0 aliphatic rings. The maximum Gasteiger partial charge on any atom is 0.126 e. The first-order valence-electron chi connectivity index (χ1n) is 10.3. The van der Waals surface area contributed by atoms with E-state index in [2.05, 4.69) is 95.2 Å². The number of benzene rings is 1. The van der Waals surface area contributed by atoms with Crippen molar-refractivity contribution in [2.45, 2.75) is 113 Å². The van der Waals surface area contributed by atoms with Crippen LogP contribution in [0.2, 0.25) is 0 Å². The Morgan fingerprint density at radius 3 is 1.35 bits per heavy atom. The summed E-state index contributed by atoms with van der Waals surface area (Å²) in [6.07, 6.45) is 3.20. The first-order chi connectivity index (χ1) is 11.4. The molecule has 0 fully saturated rings. The summed E-state index contributed by atoms with van der Waals surface area (Å²) in [5.74, 6) is 1.12. The zero-order valence-electron chi connectivity index (χ0n) is 19.7. The van der Waals surface area contributed by atoms with Crippen molar-refractivity contribution in [3.05, 3.63) is 28.8 Å². The molecule has 0 N–H and O–H groups in total. The molecule has 0 amide bonds. The Hall–Kier alpha value is -0.980. The van der Waals surface area contributed by atoms with Crippen LogP contribution in [0.4, 0.5) is 0 Å². The summed E-state index contributed by atoms with van der Waals surface area (Å²) in [6.45, 7) is 27.3. The molecular formula is C25H44O. The Bertz CT molecular complexity index is 564. The summed E-state index contributed by atoms with van der Waals surface area (Å²) in [5, 5.41) is 0. The van der Waals surface area contributed by atoms with E-state index in [1.54, 1.807) is 0 Å². The third-order valence-electron chi connectivity index (χ3n) is 4.76. The van der Waals surface area contributed by atoms with Gasteiger partial charge in [-0.3, -0.25) is 0 Å². The molecule has 26 heavy (non-hydrogen) atoms. The highest BCUT2D eigenvalue weighted by Gasteiger charge is 2.28. The van der Waals surface area contributed by atoms with E-state index in [0.717, 1.165) is 25.0 Å². The fourth-order valence-corrected chi connectivity index (χ4v) is 3.19. The number of hydrogen-bond acceptors (Lipinski definition) is 1. The third kappa shape index (κ3) is 7.33. The highest BCUT2D eigenvalue weighted by atomic mass is 16.5. The molecule has 0 spiro atoms. The minimum absolute atomic E-state index is 0.180. The summed E-state index contributed by atoms with van der Waals surface area (Å²) in [6, 6.07) is 4.84. The standard InChI is InChI=1S/C25H44O/c1-13-25(11,12)20-14-18(16-22(2,3)4)21(26-24(8,9)10)19(15-20)17-23(5,6)7/h14-15H,13,16-17H2,1-12H3. The minimum atomic E-state index is -0.193. The Morgan fingerprint density at radius 2 is 1.08 bits per heavy atom. The molecule has 0 aromatic heterocycles. The lowest BCUT2D eigenvalue weighted by atomic mass is 9.77. The van der Waals surface area contributed by atoms with Gasteiger partial charge in [0.1, 0.15) is 11.4 Å². The van der Waals surface area contributed by atoms with Gasteiger partial charge in [-0.1, -0.05) is 74.4 Å². The predicted octanol–water partition coefficient (Wildman–Crippen LogP) is 7.73. The highest BCUT2D eigenvalue weighted by Crippen LogP contribution is 2.40. The maximum absolute atomic E-state index is 6.56. The van der Waals surface area contributed by atoms with Crippen LogP contribution in [0.5, 0.6) is 5.75 Å². The topological polar surface area (TPSA) is 9.23 Å². The molecule has 1 nitrogen and oxygen atoms in total. The summed E-state index contributed by atoms with van der Waals surface area (Å²) < 4.78 is 6.56. The van der Waals surface area contributed by atoms with E-state index in [9.17, 15) is 0 Å². The summed E-state index contributed by atoms with van der Waals surface area (Å²) in [7, 11) is 0. The Balaban J connectivity index is 3.68. The molecule has 0 saturated heterocycles. The highest BCUT2D eigenvalue weighted by molar-refractivity contribution is 5.48. The van der Waals surface area contributed by atoms with Crippen molar-refractivity contribution < 1.29 is 4.74 Å². The molecule has 1 rings (SSSR count). The van der Waals surface area contributed by atoms with Crippen molar-refractivity contribution in [3.63, 3.8) is 0 Å². The van der Waals surface area contributed by atoms with Crippen LogP contribution in [-0.4, -0.2) is 5.60 Å². The quantitative estimate of drug-likeness (QED) is 0.522. The molecule has 0 unspecified atom stereocenters. The summed E-state index contributed by atoms with van der Waals surface area (Å²) in [4.78, 5) is 0. The van der Waals surface area contributed by atoms with Crippen molar-refractivity contribution in [2.24, 2.45) is 10.8 Å². The van der Waals surface area contributed by atoms with Crippen molar-refractivity contribution in [1.29, 1.82) is 0 Å². The lowest BCUT2D eigenvalue weighted by Gasteiger charge is -2.33. The molecule has 0 aliphatic heterocycles. The molecular weight excluding hydrogens is 316 g/mol. The summed E-state index contributed by atoms with van der Waals surface area (Å²) >= 11 is 0. The largest absolute Gasteiger partial charge is 0.488 e. The van der Waals surface area contributed by atoms with E-state index in [0.29, 0.717) is 0 Å². The SMILES string of the molecule is CCC(C)(C)c1cc(CC(C)(C)C)c(OC(C)(C)C)c(CC(C)(C)C)c1. The number of ether oxygens (including phenoxy) is 1. The van der Waals surface area contributed by atoms with Crippen LogP contribution in [0.15, 0.2) is 12.1 Å². The van der Waals surface area contributed by atoms with Gasteiger partial charge in [-0.15, -0.1) is 0 Å². The minimum Gasteiger partial charge on any atom is -0.488 e. The number of rotatable bonds is 5. The molecule has 1 aromatic carbocycles. The first-order valence-corrected chi connectivity index (χ1v) is 10.3. The second-order valence-electron chi connectivity index (χ2n) is 12.1. The van der Waals surface area contributed by atoms with E-state index in [1.165, 1.54) is 16.7 Å². The van der Waals surface area contributed by atoms with Gasteiger partial charge in [0.05, 0.1) is 0 Å². The number of hydrogen-bond donors (Lipinski definition) is 0. The van der Waals surface area contributed by atoms with Crippen LogP contribution in [0, 0.1) is 10.8 Å². The van der Waals surface area contributed by atoms with Crippen LogP contribution >= 0.6 is 0 Å². The molecule has 0 saturated carbocycles. The molecule has 0 heterocycles. The van der Waals surface area contributed by atoms with Crippen LogP contribution in [0.25, 0.3) is 0 Å². The van der Waals surface area contributed by atoms with Gasteiger partial charge < -0.3 is 4.74 Å². The maximum atomic E-state index is 6.56. The smallest absolute Gasteiger partial charge is 0.126 e. The molecule has 1 aromatic rings. The third-order valence-corrected chi connectivity index (χ3v) is 4.76. The fourth-order valence-electron chi connectivity index (χ4n) is 3.19.